The first kappa shape index (κ1) is 31.5. The summed E-state index contributed by atoms with van der Waals surface area (Å²) >= 11 is 0.265. The monoisotopic (exact) mass is 639 g/mol. The summed E-state index contributed by atoms with van der Waals surface area (Å²) < 4.78 is 91.8. The van der Waals surface area contributed by atoms with Gasteiger partial charge in [0.25, 0.3) is 10.0 Å². The average molecular weight is 640 g/mol. The van der Waals surface area contributed by atoms with E-state index >= 15 is 0 Å². The lowest BCUT2D eigenvalue weighted by Crippen LogP contribution is -2.29. The van der Waals surface area contributed by atoms with Crippen molar-refractivity contribution in [2.24, 2.45) is 0 Å². The minimum Gasteiger partial charge on any atom is -0.768 e. The predicted octanol–water partition coefficient (Wildman–Crippen LogP) is 5.40. The molecule has 0 fully saturated rings. The Morgan fingerprint density at radius 1 is 1.17 bits per heavy atom. The lowest BCUT2D eigenvalue weighted by molar-refractivity contribution is -0.191. The highest BCUT2D eigenvalue weighted by atomic mass is 32.2. The van der Waals surface area contributed by atoms with Gasteiger partial charge in [-0.1, -0.05) is 18.2 Å². The Morgan fingerprint density at radius 3 is 2.60 bits per heavy atom. The first-order valence-corrected chi connectivity index (χ1v) is 16.6. The molecular formula is C27H25F3N3O6PS2. The normalized spacial score (nSPS) is 14.8. The molecule has 0 saturated heterocycles. The van der Waals surface area contributed by atoms with Crippen LogP contribution >= 0.6 is 18.9 Å². The number of benzene rings is 2. The molecular weight excluding hydrogens is 614 g/mol. The Hall–Kier alpha value is -3.43. The summed E-state index contributed by atoms with van der Waals surface area (Å²) in [5, 5.41) is 9.03. The van der Waals surface area contributed by atoms with Crippen molar-refractivity contribution in [3.05, 3.63) is 78.0 Å². The van der Waals surface area contributed by atoms with Crippen molar-refractivity contribution in [2.75, 3.05) is 26.0 Å². The first-order valence-electron chi connectivity index (χ1n) is 12.6. The van der Waals surface area contributed by atoms with Gasteiger partial charge in [-0.2, -0.15) is 18.4 Å². The summed E-state index contributed by atoms with van der Waals surface area (Å²) in [6.07, 6.45) is 4.73. The van der Waals surface area contributed by atoms with Crippen LogP contribution in [0.4, 0.5) is 13.2 Å². The summed E-state index contributed by atoms with van der Waals surface area (Å²) in [6.45, 7) is 1.79. The highest BCUT2D eigenvalue weighted by molar-refractivity contribution is 7.92. The first-order chi connectivity index (χ1) is 19.9. The molecule has 1 atom stereocenters. The van der Waals surface area contributed by atoms with Gasteiger partial charge in [0.15, 0.2) is 20.2 Å². The number of hydrogen-bond acceptors (Lipinski definition) is 9. The van der Waals surface area contributed by atoms with Gasteiger partial charge in [-0.05, 0) is 43.5 Å². The molecule has 1 aliphatic heterocycles. The summed E-state index contributed by atoms with van der Waals surface area (Å²) in [6, 6.07) is 11.3. The van der Waals surface area contributed by atoms with Crippen LogP contribution in [0, 0.1) is 17.4 Å². The molecule has 1 N–H and O–H groups in total. The summed E-state index contributed by atoms with van der Waals surface area (Å²) in [7, 11) is -9.88. The second-order valence-electron chi connectivity index (χ2n) is 9.13. The SMILES string of the molecule is N#Cc1cc(OCCCCCN2C=CC=[C+]C2)cc2sc(S(=O)(=O)NCP(=O)([O-])Oc3ccccc3)c(C(F)(F)F)c12. The van der Waals surface area contributed by atoms with E-state index in [0.29, 0.717) is 6.42 Å². The summed E-state index contributed by atoms with van der Waals surface area (Å²) in [4.78, 5) is 14.4. The number of sulfonamides is 1. The largest absolute Gasteiger partial charge is 0.768 e. The second kappa shape index (κ2) is 13.3. The van der Waals surface area contributed by atoms with Crippen LogP contribution < -0.4 is 18.9 Å². The number of halogens is 3. The molecule has 0 saturated carbocycles. The van der Waals surface area contributed by atoms with Crippen LogP contribution in [0.15, 0.2) is 65.0 Å². The highest BCUT2D eigenvalue weighted by Crippen LogP contribution is 2.47. The molecule has 1 aliphatic rings. The van der Waals surface area contributed by atoms with E-state index in [4.69, 9.17) is 9.26 Å². The van der Waals surface area contributed by atoms with Crippen LogP contribution in [0.5, 0.6) is 11.5 Å². The van der Waals surface area contributed by atoms with E-state index in [1.807, 2.05) is 18.4 Å². The molecule has 0 spiro atoms. The van der Waals surface area contributed by atoms with E-state index in [1.165, 1.54) is 30.3 Å². The Kier molecular flexibility index (Phi) is 9.94. The molecule has 15 heteroatoms. The number of fused-ring (bicyclic) bond motifs is 1. The van der Waals surface area contributed by atoms with Crippen LogP contribution in [0.3, 0.4) is 0 Å². The molecule has 0 bridgehead atoms. The van der Waals surface area contributed by atoms with Crippen LogP contribution in [0.25, 0.3) is 10.1 Å². The van der Waals surface area contributed by atoms with Crippen LogP contribution in [-0.2, 0) is 20.8 Å². The van der Waals surface area contributed by atoms with Crippen LogP contribution in [0.1, 0.15) is 30.4 Å². The molecule has 1 aromatic heterocycles. The standard InChI is InChI=1S/C27H25F3N3O6PS2/c28-27(29,30)25-24-20(18-31)16-22(38-15-9-3-8-14-33-12-6-2-7-13-33)17-23(24)41-26(25)42(36,37)32-19-40(34,35)39-21-10-4-1-5-11-21/h1-2,4-6,10-12,16-17,32H,3,8-9,13-15,19H2. The summed E-state index contributed by atoms with van der Waals surface area (Å²) in [5.74, 6) is 0.0271. The maximum atomic E-state index is 14.2. The molecule has 9 nitrogen and oxygen atoms in total. The van der Waals surface area contributed by atoms with Gasteiger partial charge in [0.1, 0.15) is 15.7 Å². The number of rotatable bonds is 13. The zero-order valence-electron chi connectivity index (χ0n) is 22.0. The third-order valence-electron chi connectivity index (χ3n) is 5.98. The van der Waals surface area contributed by atoms with Crippen molar-refractivity contribution in [3.8, 4) is 17.6 Å². The fourth-order valence-corrected chi connectivity index (χ4v) is 8.43. The molecule has 42 heavy (non-hydrogen) atoms. The van der Waals surface area contributed by atoms with Crippen molar-refractivity contribution >= 4 is 39.0 Å². The fraction of sp³-hybridized carbons (Fsp3) is 0.296. The van der Waals surface area contributed by atoms with E-state index in [1.54, 1.807) is 16.9 Å². The number of nitrogens with one attached hydrogen (secondary N) is 1. The number of thiophene rings is 1. The predicted molar refractivity (Wildman–Crippen MR) is 149 cm³/mol. The average Bonchev–Trinajstić information content (AvgIpc) is 3.36. The molecule has 0 radical (unpaired) electrons. The number of hydrogen-bond donors (Lipinski definition) is 1. The van der Waals surface area contributed by atoms with Crippen molar-refractivity contribution in [1.82, 2.24) is 9.62 Å². The van der Waals surface area contributed by atoms with Gasteiger partial charge in [0, 0.05) is 16.6 Å². The molecule has 1 unspecified atom stereocenters. The van der Waals surface area contributed by atoms with E-state index < -0.39 is 50.8 Å². The van der Waals surface area contributed by atoms with Gasteiger partial charge in [-0.25, -0.2) is 13.1 Å². The third kappa shape index (κ3) is 8.10. The number of para-hydroxylation sites is 1. The van der Waals surface area contributed by atoms with E-state index in [0.717, 1.165) is 32.0 Å². The minimum atomic E-state index is -5.17. The number of nitriles is 1. The van der Waals surface area contributed by atoms with E-state index in [9.17, 15) is 36.3 Å². The molecule has 2 heterocycles. The summed E-state index contributed by atoms with van der Waals surface area (Å²) in [5.41, 5.74) is -1.97. The van der Waals surface area contributed by atoms with Gasteiger partial charge >= 0.3 is 6.18 Å². The maximum Gasteiger partial charge on any atom is 0.419 e. The number of alkyl halides is 3. The van der Waals surface area contributed by atoms with E-state index in [2.05, 4.69) is 11.0 Å². The van der Waals surface area contributed by atoms with Gasteiger partial charge in [-0.3, -0.25) is 4.57 Å². The zero-order valence-corrected chi connectivity index (χ0v) is 24.5. The Labute approximate surface area is 245 Å². The van der Waals surface area contributed by atoms with Crippen LogP contribution in [-0.4, -0.2) is 39.3 Å². The topological polar surface area (TPSA) is 132 Å². The van der Waals surface area contributed by atoms with Gasteiger partial charge in [0.05, 0.1) is 48.4 Å². The Bertz CT molecular complexity index is 1670. The quantitative estimate of drug-likeness (QED) is 0.150. The highest BCUT2D eigenvalue weighted by Gasteiger charge is 2.42. The number of unbranched alkanes of at least 4 members (excludes halogenated alkanes) is 2. The molecule has 0 amide bonds. The van der Waals surface area contributed by atoms with Gasteiger partial charge in [-0.15, -0.1) is 11.3 Å². The van der Waals surface area contributed by atoms with E-state index in [-0.39, 0.29) is 34.1 Å². The number of ether oxygens (including phenoxy) is 1. The van der Waals surface area contributed by atoms with Crippen molar-refractivity contribution in [3.63, 3.8) is 0 Å². The van der Waals surface area contributed by atoms with Gasteiger partial charge < -0.3 is 19.1 Å². The lowest BCUT2D eigenvalue weighted by Gasteiger charge is -2.24. The van der Waals surface area contributed by atoms with Crippen molar-refractivity contribution in [1.29, 1.82) is 5.26 Å². The Balaban J connectivity index is 1.50. The fourth-order valence-electron chi connectivity index (χ4n) is 4.10. The number of allylic oxidation sites excluding steroid dienone is 2. The smallest absolute Gasteiger partial charge is 0.419 e. The third-order valence-corrected chi connectivity index (χ3v) is 10.3. The maximum absolute atomic E-state index is 14.2. The van der Waals surface area contributed by atoms with Gasteiger partial charge in [0.2, 0.25) is 0 Å². The Morgan fingerprint density at radius 2 is 1.93 bits per heavy atom. The molecule has 2 aromatic carbocycles. The number of nitrogens with zero attached hydrogens (tertiary/aromatic N) is 2. The molecule has 0 aliphatic carbocycles. The minimum absolute atomic E-state index is 0.0886. The van der Waals surface area contributed by atoms with Crippen molar-refractivity contribution < 1.29 is 40.3 Å². The second-order valence-corrected chi connectivity index (χ2v) is 13.9. The zero-order chi connectivity index (χ0) is 30.4. The molecule has 4 rings (SSSR count). The molecule has 222 valence electrons. The van der Waals surface area contributed by atoms with Crippen molar-refractivity contribution in [2.45, 2.75) is 29.6 Å². The lowest BCUT2D eigenvalue weighted by atomic mass is 10.1. The van der Waals surface area contributed by atoms with Crippen LogP contribution in [0.2, 0.25) is 0 Å². The molecule has 3 aromatic rings.